The summed E-state index contributed by atoms with van der Waals surface area (Å²) in [6, 6.07) is 42.8. The van der Waals surface area contributed by atoms with Crippen LogP contribution in [0.3, 0.4) is 0 Å². The van der Waals surface area contributed by atoms with Gasteiger partial charge in [-0.3, -0.25) is 0 Å². The third-order valence-electron chi connectivity index (χ3n) is 10.0. The highest BCUT2D eigenvalue weighted by Gasteiger charge is 2.35. The van der Waals surface area contributed by atoms with Crippen LogP contribution in [-0.2, 0) is 10.8 Å². The molecule has 218 valence electrons. The van der Waals surface area contributed by atoms with Crippen molar-refractivity contribution in [3.05, 3.63) is 144 Å². The van der Waals surface area contributed by atoms with E-state index in [1.807, 2.05) is 12.1 Å². The zero-order chi connectivity index (χ0) is 30.5. The van der Waals surface area contributed by atoms with Crippen LogP contribution in [-0.4, -0.2) is 0 Å². The molecular formula is C42H32O3. The molecule has 0 saturated carbocycles. The number of benzene rings is 6. The summed E-state index contributed by atoms with van der Waals surface area (Å²) >= 11 is 0. The summed E-state index contributed by atoms with van der Waals surface area (Å²) in [6.45, 7) is 9.08. The van der Waals surface area contributed by atoms with E-state index < -0.39 is 0 Å². The van der Waals surface area contributed by atoms with Crippen LogP contribution in [0.1, 0.15) is 49.9 Å². The predicted octanol–water partition coefficient (Wildman–Crippen LogP) is 11.8. The van der Waals surface area contributed by atoms with Crippen molar-refractivity contribution in [1.29, 1.82) is 0 Å². The summed E-state index contributed by atoms with van der Waals surface area (Å²) in [5.74, 6) is 3.70. The van der Waals surface area contributed by atoms with Crippen LogP contribution in [0.4, 0.5) is 0 Å². The normalized spacial score (nSPS) is 15.4. The van der Waals surface area contributed by atoms with Gasteiger partial charge in [0.2, 0.25) is 0 Å². The second-order valence-corrected chi connectivity index (χ2v) is 13.4. The van der Waals surface area contributed by atoms with Gasteiger partial charge in [0.1, 0.15) is 34.2 Å². The molecule has 3 heterocycles. The van der Waals surface area contributed by atoms with Gasteiger partial charge in [0.15, 0.2) is 0 Å². The van der Waals surface area contributed by atoms with Gasteiger partial charge in [-0.25, -0.2) is 0 Å². The zero-order valence-corrected chi connectivity index (χ0v) is 25.8. The van der Waals surface area contributed by atoms with Crippen LogP contribution in [0.2, 0.25) is 0 Å². The minimum absolute atomic E-state index is 0.165. The Kier molecular flexibility index (Phi) is 5.30. The van der Waals surface area contributed by atoms with E-state index in [0.29, 0.717) is 0 Å². The SMILES string of the molecule is CC1(C)c2ccccc2Oc2ccc(-c3ccc4c(c3)oc3cc(-c5ccc6c(c5)C(C)(C)c5ccccc5O6)ccc34)cc21. The monoisotopic (exact) mass is 584 g/mol. The van der Waals surface area contributed by atoms with E-state index in [9.17, 15) is 0 Å². The van der Waals surface area contributed by atoms with Gasteiger partial charge < -0.3 is 13.9 Å². The molecule has 2 aliphatic heterocycles. The van der Waals surface area contributed by atoms with Gasteiger partial charge in [0.25, 0.3) is 0 Å². The molecular weight excluding hydrogens is 552 g/mol. The van der Waals surface area contributed by atoms with Crippen LogP contribution in [0, 0.1) is 0 Å². The van der Waals surface area contributed by atoms with Gasteiger partial charge >= 0.3 is 0 Å². The van der Waals surface area contributed by atoms with Gasteiger partial charge in [0.05, 0.1) is 0 Å². The molecule has 6 aromatic carbocycles. The first kappa shape index (κ1) is 26.2. The van der Waals surface area contributed by atoms with Crippen LogP contribution >= 0.6 is 0 Å². The average Bonchev–Trinajstić information content (AvgIpc) is 3.42. The van der Waals surface area contributed by atoms with E-state index >= 15 is 0 Å². The molecule has 7 aromatic rings. The Hall–Kier alpha value is -5.28. The van der Waals surface area contributed by atoms with Gasteiger partial charge in [0, 0.05) is 43.9 Å². The van der Waals surface area contributed by atoms with Crippen LogP contribution < -0.4 is 9.47 Å². The summed E-state index contributed by atoms with van der Waals surface area (Å²) in [5, 5.41) is 2.24. The number of hydrogen-bond donors (Lipinski definition) is 0. The predicted molar refractivity (Wildman–Crippen MR) is 182 cm³/mol. The number of ether oxygens (including phenoxy) is 2. The Morgan fingerprint density at radius 2 is 0.756 bits per heavy atom. The maximum absolute atomic E-state index is 6.53. The molecule has 0 unspecified atom stereocenters. The second-order valence-electron chi connectivity index (χ2n) is 13.4. The van der Waals surface area contributed by atoms with Crippen molar-refractivity contribution in [3.8, 4) is 45.3 Å². The Morgan fingerprint density at radius 1 is 0.378 bits per heavy atom. The van der Waals surface area contributed by atoms with Crippen LogP contribution in [0.25, 0.3) is 44.2 Å². The lowest BCUT2D eigenvalue weighted by atomic mass is 9.75. The molecule has 0 atom stereocenters. The quantitative estimate of drug-likeness (QED) is 0.203. The van der Waals surface area contributed by atoms with Gasteiger partial charge in [-0.2, -0.15) is 0 Å². The lowest BCUT2D eigenvalue weighted by Gasteiger charge is -2.34. The fourth-order valence-electron chi connectivity index (χ4n) is 7.38. The number of para-hydroxylation sites is 2. The molecule has 9 rings (SSSR count). The molecule has 45 heavy (non-hydrogen) atoms. The third-order valence-corrected chi connectivity index (χ3v) is 10.0. The molecule has 2 aliphatic rings. The molecule has 0 amide bonds. The molecule has 0 N–H and O–H groups in total. The largest absolute Gasteiger partial charge is 0.457 e. The second kappa shape index (κ2) is 9.12. The number of fused-ring (bicyclic) bond motifs is 7. The summed E-state index contributed by atoms with van der Waals surface area (Å²) in [5.41, 5.74) is 10.8. The molecule has 0 aliphatic carbocycles. The number of hydrogen-bond acceptors (Lipinski definition) is 3. The molecule has 3 heteroatoms. The smallest absolute Gasteiger partial charge is 0.136 e. The summed E-state index contributed by atoms with van der Waals surface area (Å²) < 4.78 is 19.1. The first-order valence-electron chi connectivity index (χ1n) is 15.6. The van der Waals surface area contributed by atoms with Crippen LogP contribution in [0.15, 0.2) is 126 Å². The minimum Gasteiger partial charge on any atom is -0.457 e. The van der Waals surface area contributed by atoms with E-state index in [-0.39, 0.29) is 10.8 Å². The van der Waals surface area contributed by atoms with Crippen molar-refractivity contribution in [2.75, 3.05) is 0 Å². The van der Waals surface area contributed by atoms with E-state index in [1.54, 1.807) is 0 Å². The van der Waals surface area contributed by atoms with Gasteiger partial charge in [-0.1, -0.05) is 88.4 Å². The van der Waals surface area contributed by atoms with Crippen molar-refractivity contribution in [1.82, 2.24) is 0 Å². The molecule has 0 spiro atoms. The van der Waals surface area contributed by atoms with Crippen molar-refractivity contribution in [2.24, 2.45) is 0 Å². The van der Waals surface area contributed by atoms with Crippen molar-refractivity contribution >= 4 is 21.9 Å². The Morgan fingerprint density at radius 3 is 1.22 bits per heavy atom. The third kappa shape index (κ3) is 3.83. The summed E-state index contributed by atoms with van der Waals surface area (Å²) in [4.78, 5) is 0. The molecule has 0 bridgehead atoms. The highest BCUT2D eigenvalue weighted by Crippen LogP contribution is 2.50. The lowest BCUT2D eigenvalue weighted by Crippen LogP contribution is -2.24. The van der Waals surface area contributed by atoms with Crippen molar-refractivity contribution in [3.63, 3.8) is 0 Å². The Labute approximate surface area is 262 Å². The highest BCUT2D eigenvalue weighted by atomic mass is 16.5. The summed E-state index contributed by atoms with van der Waals surface area (Å²) in [7, 11) is 0. The Bertz CT molecular complexity index is 2170. The van der Waals surface area contributed by atoms with E-state index in [0.717, 1.165) is 67.2 Å². The topological polar surface area (TPSA) is 31.6 Å². The molecule has 3 nitrogen and oxygen atoms in total. The van der Waals surface area contributed by atoms with E-state index in [2.05, 4.69) is 137 Å². The maximum atomic E-state index is 6.53. The van der Waals surface area contributed by atoms with Crippen molar-refractivity contribution in [2.45, 2.75) is 38.5 Å². The van der Waals surface area contributed by atoms with Crippen molar-refractivity contribution < 1.29 is 13.9 Å². The summed E-state index contributed by atoms with van der Waals surface area (Å²) in [6.07, 6.45) is 0. The highest BCUT2D eigenvalue weighted by molar-refractivity contribution is 6.07. The lowest BCUT2D eigenvalue weighted by molar-refractivity contribution is 0.418. The molecule has 0 radical (unpaired) electrons. The maximum Gasteiger partial charge on any atom is 0.136 e. The molecule has 0 saturated heterocycles. The standard InChI is InChI=1S/C42H32O3/c1-41(2)31-9-5-7-11-35(31)43-37-19-15-25(21-33(37)41)27-13-17-29-30-18-14-28(24-40(30)45-39(29)23-27)26-16-20-38-34(22-26)42(3,4)32-10-6-8-12-36(32)44-38/h5-24H,1-4H3. The first-order valence-corrected chi connectivity index (χ1v) is 15.6. The molecule has 0 fully saturated rings. The number of furan rings is 1. The Balaban J connectivity index is 1.09. The first-order chi connectivity index (χ1) is 21.8. The fourth-order valence-corrected chi connectivity index (χ4v) is 7.38. The van der Waals surface area contributed by atoms with Crippen LogP contribution in [0.5, 0.6) is 23.0 Å². The zero-order valence-electron chi connectivity index (χ0n) is 25.8. The fraction of sp³-hybridized carbons (Fsp3) is 0.143. The molecule has 1 aromatic heterocycles. The van der Waals surface area contributed by atoms with Gasteiger partial charge in [-0.15, -0.1) is 0 Å². The van der Waals surface area contributed by atoms with E-state index in [1.165, 1.54) is 22.3 Å². The van der Waals surface area contributed by atoms with Gasteiger partial charge in [-0.05, 0) is 82.9 Å². The average molecular weight is 585 g/mol. The minimum atomic E-state index is -0.165. The van der Waals surface area contributed by atoms with E-state index in [4.69, 9.17) is 13.9 Å². The number of rotatable bonds is 2.